The van der Waals surface area contributed by atoms with E-state index in [9.17, 15) is 9.18 Å². The molecular formula is C12H12ClFN4O. The van der Waals surface area contributed by atoms with Crippen LogP contribution in [-0.4, -0.2) is 14.5 Å². The van der Waals surface area contributed by atoms with Gasteiger partial charge in [-0.1, -0.05) is 0 Å². The average molecular weight is 283 g/mol. The van der Waals surface area contributed by atoms with Gasteiger partial charge < -0.3 is 9.88 Å². The van der Waals surface area contributed by atoms with Crippen molar-refractivity contribution in [1.29, 1.82) is 0 Å². The Morgan fingerprint density at radius 1 is 1.47 bits per heavy atom. The first-order valence-electron chi connectivity index (χ1n) is 5.65. The molecule has 0 fully saturated rings. The largest absolute Gasteiger partial charge is 0.333 e. The van der Waals surface area contributed by atoms with Crippen LogP contribution >= 0.6 is 11.6 Å². The molecule has 0 spiro atoms. The Balaban J connectivity index is 2.42. The van der Waals surface area contributed by atoms with Crippen LogP contribution in [0.5, 0.6) is 0 Å². The average Bonchev–Trinajstić information content (AvgIpc) is 2.36. The summed E-state index contributed by atoms with van der Waals surface area (Å²) in [5.74, 6) is -0.803. The van der Waals surface area contributed by atoms with Crippen LogP contribution < -0.4 is 10.9 Å². The van der Waals surface area contributed by atoms with E-state index < -0.39 is 5.82 Å². The van der Waals surface area contributed by atoms with E-state index in [4.69, 9.17) is 11.6 Å². The molecule has 2 aromatic rings. The molecule has 0 atom stereocenters. The van der Waals surface area contributed by atoms with Gasteiger partial charge in [-0.3, -0.25) is 4.79 Å². The van der Waals surface area contributed by atoms with Gasteiger partial charge in [0.1, 0.15) is 5.69 Å². The molecule has 7 heteroatoms. The molecule has 1 N–H and O–H groups in total. The zero-order valence-corrected chi connectivity index (χ0v) is 11.1. The fourth-order valence-corrected chi connectivity index (χ4v) is 1.71. The van der Waals surface area contributed by atoms with E-state index in [0.717, 1.165) is 6.20 Å². The summed E-state index contributed by atoms with van der Waals surface area (Å²) in [6.07, 6.45) is 2.61. The Bertz CT molecular complexity index is 656. The predicted molar refractivity (Wildman–Crippen MR) is 71.4 cm³/mol. The minimum Gasteiger partial charge on any atom is -0.333 e. The zero-order valence-electron chi connectivity index (χ0n) is 10.4. The Kier molecular flexibility index (Phi) is 3.80. The van der Waals surface area contributed by atoms with E-state index >= 15 is 0 Å². The minimum atomic E-state index is -0.677. The zero-order chi connectivity index (χ0) is 14.0. The first kappa shape index (κ1) is 13.5. The summed E-state index contributed by atoms with van der Waals surface area (Å²) in [5.41, 5.74) is -0.0310. The summed E-state index contributed by atoms with van der Waals surface area (Å²) in [6, 6.07) is 3.26. The van der Waals surface area contributed by atoms with Gasteiger partial charge in [0.15, 0.2) is 11.6 Å². The highest BCUT2D eigenvalue weighted by Gasteiger charge is 2.10. The van der Waals surface area contributed by atoms with Crippen molar-refractivity contribution in [3.05, 3.63) is 46.0 Å². The summed E-state index contributed by atoms with van der Waals surface area (Å²) in [4.78, 5) is 19.3. The fraction of sp³-hybridized carbons (Fsp3) is 0.250. The molecule has 0 aromatic carbocycles. The molecule has 0 amide bonds. The van der Waals surface area contributed by atoms with E-state index in [0.29, 0.717) is 0 Å². The number of hydrogen-bond donors (Lipinski definition) is 1. The van der Waals surface area contributed by atoms with Gasteiger partial charge in [-0.25, -0.2) is 9.37 Å². The molecule has 2 rings (SSSR count). The van der Waals surface area contributed by atoms with Gasteiger partial charge in [0.05, 0.1) is 6.20 Å². The van der Waals surface area contributed by atoms with Gasteiger partial charge in [0.2, 0.25) is 5.28 Å². The first-order chi connectivity index (χ1) is 8.99. The number of nitrogens with zero attached hydrogens (tertiary/aromatic N) is 3. The molecule has 2 aromatic heterocycles. The van der Waals surface area contributed by atoms with Gasteiger partial charge in [-0.15, -0.1) is 0 Å². The molecule has 0 aliphatic heterocycles. The van der Waals surface area contributed by atoms with Gasteiger partial charge >= 0.3 is 0 Å². The van der Waals surface area contributed by atoms with Crippen LogP contribution in [0.1, 0.15) is 19.9 Å². The predicted octanol–water partition coefficient (Wildman–Crippen LogP) is 2.76. The number of aromatic nitrogens is 3. The first-order valence-corrected chi connectivity index (χ1v) is 6.03. The molecule has 100 valence electrons. The molecule has 0 saturated carbocycles. The molecule has 2 heterocycles. The highest BCUT2D eigenvalue weighted by atomic mass is 35.5. The lowest BCUT2D eigenvalue weighted by Crippen LogP contribution is -2.23. The number of pyridine rings is 1. The maximum Gasteiger partial charge on any atom is 0.274 e. The van der Waals surface area contributed by atoms with E-state index in [1.165, 1.54) is 4.57 Å². The monoisotopic (exact) mass is 282 g/mol. The number of rotatable bonds is 3. The second-order valence-corrected chi connectivity index (χ2v) is 4.53. The molecule has 0 aliphatic rings. The van der Waals surface area contributed by atoms with E-state index in [2.05, 4.69) is 15.3 Å². The van der Waals surface area contributed by atoms with Gasteiger partial charge in [0.25, 0.3) is 5.56 Å². The van der Waals surface area contributed by atoms with Gasteiger partial charge in [0, 0.05) is 12.2 Å². The summed E-state index contributed by atoms with van der Waals surface area (Å²) < 4.78 is 15.0. The highest BCUT2D eigenvalue weighted by molar-refractivity contribution is 6.28. The third-order valence-corrected chi connectivity index (χ3v) is 2.68. The second-order valence-electron chi connectivity index (χ2n) is 4.19. The van der Waals surface area contributed by atoms with E-state index in [1.807, 2.05) is 13.8 Å². The summed E-state index contributed by atoms with van der Waals surface area (Å²) in [5, 5.41) is 2.54. The molecule has 0 aliphatic carbocycles. The van der Waals surface area contributed by atoms with Crippen LogP contribution in [-0.2, 0) is 0 Å². The van der Waals surface area contributed by atoms with Crippen LogP contribution in [0.15, 0.2) is 29.3 Å². The molecule has 0 radical (unpaired) electrons. The third-order valence-electron chi connectivity index (χ3n) is 2.50. The summed E-state index contributed by atoms with van der Waals surface area (Å²) in [6.45, 7) is 3.76. The number of hydrogen-bond acceptors (Lipinski definition) is 4. The lowest BCUT2D eigenvalue weighted by atomic mass is 10.3. The third kappa shape index (κ3) is 2.90. The van der Waals surface area contributed by atoms with Crippen molar-refractivity contribution in [2.45, 2.75) is 19.9 Å². The van der Waals surface area contributed by atoms with Crippen LogP contribution in [0.25, 0.3) is 0 Å². The Morgan fingerprint density at radius 3 is 2.89 bits per heavy atom. The number of nitrogens with one attached hydrogen (secondary N) is 1. The van der Waals surface area contributed by atoms with Crippen molar-refractivity contribution in [1.82, 2.24) is 14.5 Å². The van der Waals surface area contributed by atoms with Crippen molar-refractivity contribution >= 4 is 23.1 Å². The molecule has 5 nitrogen and oxygen atoms in total. The minimum absolute atomic E-state index is 0.00749. The van der Waals surface area contributed by atoms with Crippen LogP contribution in [0.3, 0.4) is 0 Å². The Hall–Kier alpha value is -1.95. The maximum absolute atomic E-state index is 13.5. The van der Waals surface area contributed by atoms with Crippen LogP contribution in [0.4, 0.5) is 15.9 Å². The molecular weight excluding hydrogens is 271 g/mol. The molecule has 0 saturated heterocycles. The van der Waals surface area contributed by atoms with Crippen molar-refractivity contribution in [3.63, 3.8) is 0 Å². The number of anilines is 2. The molecule has 0 bridgehead atoms. The Labute approximate surface area is 114 Å². The van der Waals surface area contributed by atoms with Crippen molar-refractivity contribution in [3.8, 4) is 0 Å². The standard InChI is InChI=1S/C12H12ClFN4O/c1-7(2)18-5-3-4-9(11(18)19)16-10-8(14)6-15-12(13)17-10/h3-7H,1-2H3,(H,15,16,17). The van der Waals surface area contributed by atoms with Crippen LogP contribution in [0.2, 0.25) is 5.28 Å². The SMILES string of the molecule is CC(C)n1cccc(Nc2nc(Cl)ncc2F)c1=O. The maximum atomic E-state index is 13.5. The van der Waals surface area contributed by atoms with E-state index in [-0.39, 0.29) is 28.4 Å². The van der Waals surface area contributed by atoms with E-state index in [1.54, 1.807) is 18.3 Å². The van der Waals surface area contributed by atoms with Crippen molar-refractivity contribution < 1.29 is 4.39 Å². The van der Waals surface area contributed by atoms with Gasteiger partial charge in [-0.2, -0.15) is 4.98 Å². The summed E-state index contributed by atoms with van der Waals surface area (Å²) in [7, 11) is 0. The lowest BCUT2D eigenvalue weighted by molar-refractivity contribution is 0.579. The topological polar surface area (TPSA) is 59.8 Å². The molecule has 19 heavy (non-hydrogen) atoms. The van der Waals surface area contributed by atoms with Crippen LogP contribution in [0, 0.1) is 5.82 Å². The smallest absolute Gasteiger partial charge is 0.274 e. The van der Waals surface area contributed by atoms with Gasteiger partial charge in [-0.05, 0) is 37.6 Å². The highest BCUT2D eigenvalue weighted by Crippen LogP contribution is 2.16. The summed E-state index contributed by atoms with van der Waals surface area (Å²) >= 11 is 5.59. The fourth-order valence-electron chi connectivity index (χ4n) is 1.57. The normalized spacial score (nSPS) is 10.8. The Morgan fingerprint density at radius 2 is 2.21 bits per heavy atom. The van der Waals surface area contributed by atoms with Crippen molar-refractivity contribution in [2.75, 3.05) is 5.32 Å². The van der Waals surface area contributed by atoms with Crippen molar-refractivity contribution in [2.24, 2.45) is 0 Å². The second kappa shape index (κ2) is 5.36. The lowest BCUT2D eigenvalue weighted by Gasteiger charge is -2.12. The number of halogens is 2. The molecule has 0 unspecified atom stereocenters. The quantitative estimate of drug-likeness (QED) is 0.880.